The zero-order chi connectivity index (χ0) is 10.6. The van der Waals surface area contributed by atoms with Crippen LogP contribution < -0.4 is 11.2 Å². The van der Waals surface area contributed by atoms with E-state index < -0.39 is 0 Å². The molecule has 0 aliphatic rings. The van der Waals surface area contributed by atoms with Gasteiger partial charge in [-0.15, -0.1) is 0 Å². The van der Waals surface area contributed by atoms with Crippen molar-refractivity contribution in [1.82, 2.24) is 5.43 Å². The van der Waals surface area contributed by atoms with Gasteiger partial charge in [0.25, 0.3) is 0 Å². The van der Waals surface area contributed by atoms with Crippen LogP contribution in [-0.4, -0.2) is 10.8 Å². The van der Waals surface area contributed by atoms with Gasteiger partial charge in [0.05, 0.1) is 5.71 Å². The highest BCUT2D eigenvalue weighted by molar-refractivity contribution is 9.10. The first-order chi connectivity index (χ1) is 6.61. The van der Waals surface area contributed by atoms with Crippen molar-refractivity contribution in [3.8, 4) is 0 Å². The molecule has 0 saturated carbocycles. The Morgan fingerprint density at radius 3 is 2.71 bits per heavy atom. The first kappa shape index (κ1) is 11.1. The van der Waals surface area contributed by atoms with Crippen LogP contribution in [-0.2, 0) is 0 Å². The van der Waals surface area contributed by atoms with Crippen molar-refractivity contribution in [3.63, 3.8) is 0 Å². The average molecular weight is 272 g/mol. The van der Waals surface area contributed by atoms with Gasteiger partial charge in [-0.05, 0) is 25.2 Å². The van der Waals surface area contributed by atoms with Gasteiger partial charge >= 0.3 is 0 Å². The van der Waals surface area contributed by atoms with Gasteiger partial charge in [-0.25, -0.2) is 0 Å². The number of nitrogens with two attached hydrogens (primary N) is 1. The molecule has 0 heterocycles. The van der Waals surface area contributed by atoms with E-state index in [9.17, 15) is 0 Å². The van der Waals surface area contributed by atoms with Crippen LogP contribution in [0.15, 0.2) is 33.8 Å². The molecule has 0 amide bonds. The molecule has 0 spiro atoms. The summed E-state index contributed by atoms with van der Waals surface area (Å²) in [4.78, 5) is 0. The van der Waals surface area contributed by atoms with Crippen molar-refractivity contribution in [2.45, 2.75) is 6.92 Å². The van der Waals surface area contributed by atoms with Crippen molar-refractivity contribution in [3.05, 3.63) is 34.3 Å². The summed E-state index contributed by atoms with van der Waals surface area (Å²) >= 11 is 8.08. The van der Waals surface area contributed by atoms with Gasteiger partial charge in [-0.2, -0.15) is 5.10 Å². The summed E-state index contributed by atoms with van der Waals surface area (Å²) in [6.45, 7) is 1.88. The number of rotatable bonds is 2. The zero-order valence-corrected chi connectivity index (χ0v) is 10.0. The molecule has 3 N–H and O–H groups in total. The molecule has 1 aromatic rings. The highest BCUT2D eigenvalue weighted by atomic mass is 79.9. The third-order valence-electron chi connectivity index (χ3n) is 1.60. The summed E-state index contributed by atoms with van der Waals surface area (Å²) in [5.41, 5.74) is 9.64. The lowest BCUT2D eigenvalue weighted by Crippen LogP contribution is -2.25. The van der Waals surface area contributed by atoms with Gasteiger partial charge in [0.1, 0.15) is 0 Å². The lowest BCUT2D eigenvalue weighted by Gasteiger charge is -2.03. The van der Waals surface area contributed by atoms with Crippen molar-refractivity contribution in [2.24, 2.45) is 10.8 Å². The molecular weight excluding hydrogens is 262 g/mol. The minimum Gasteiger partial charge on any atom is -0.375 e. The summed E-state index contributed by atoms with van der Waals surface area (Å²) in [5.74, 6) is 0. The van der Waals surface area contributed by atoms with Crippen LogP contribution in [0.4, 0.5) is 0 Å². The molecule has 0 bridgehead atoms. The van der Waals surface area contributed by atoms with E-state index in [-0.39, 0.29) is 5.11 Å². The van der Waals surface area contributed by atoms with Crippen LogP contribution in [0.1, 0.15) is 12.5 Å². The van der Waals surface area contributed by atoms with Gasteiger partial charge in [0.15, 0.2) is 5.11 Å². The molecule has 74 valence electrons. The zero-order valence-electron chi connectivity index (χ0n) is 7.62. The van der Waals surface area contributed by atoms with Gasteiger partial charge < -0.3 is 5.73 Å². The fourth-order valence-corrected chi connectivity index (χ4v) is 1.57. The van der Waals surface area contributed by atoms with Crippen LogP contribution in [0.25, 0.3) is 0 Å². The second kappa shape index (κ2) is 5.07. The molecule has 0 radical (unpaired) electrons. The standard InChI is InChI=1S/C9H10BrN3S/c1-6(12-13-9(11)14)7-4-2-3-5-8(7)10/h2-5H,1H3,(H3,11,13,14)/b12-6+. The molecule has 0 atom stereocenters. The van der Waals surface area contributed by atoms with Gasteiger partial charge in [-0.1, -0.05) is 34.1 Å². The van der Waals surface area contributed by atoms with Crippen LogP contribution >= 0.6 is 28.1 Å². The highest BCUT2D eigenvalue weighted by Crippen LogP contribution is 2.16. The first-order valence-electron chi connectivity index (χ1n) is 3.96. The molecular formula is C9H10BrN3S. The smallest absolute Gasteiger partial charge is 0.184 e. The number of hydrogen-bond donors (Lipinski definition) is 2. The third kappa shape index (κ3) is 3.08. The second-order valence-corrected chi connectivity index (χ2v) is 3.95. The Labute approximate surface area is 96.5 Å². The van der Waals surface area contributed by atoms with Crippen LogP contribution in [0.5, 0.6) is 0 Å². The summed E-state index contributed by atoms with van der Waals surface area (Å²) in [7, 11) is 0. The molecule has 0 aliphatic carbocycles. The lowest BCUT2D eigenvalue weighted by atomic mass is 10.1. The number of benzene rings is 1. The Hall–Kier alpha value is -0.940. The van der Waals surface area contributed by atoms with Crippen molar-refractivity contribution >= 4 is 39.0 Å². The summed E-state index contributed by atoms with van der Waals surface area (Å²) in [6.07, 6.45) is 0. The minimum atomic E-state index is 0.163. The molecule has 14 heavy (non-hydrogen) atoms. The Morgan fingerprint density at radius 1 is 1.50 bits per heavy atom. The number of hydrogen-bond acceptors (Lipinski definition) is 2. The molecule has 5 heteroatoms. The molecule has 0 fully saturated rings. The number of hydrazone groups is 1. The molecule has 0 saturated heterocycles. The second-order valence-electron chi connectivity index (χ2n) is 2.65. The molecule has 0 aliphatic heterocycles. The SMILES string of the molecule is C/C(=N\NC(N)=S)c1ccccc1Br. The fraction of sp³-hybridized carbons (Fsp3) is 0.111. The van der Waals surface area contributed by atoms with E-state index in [1.165, 1.54) is 0 Å². The van der Waals surface area contributed by atoms with Crippen LogP contribution in [0, 0.1) is 0 Å². The van der Waals surface area contributed by atoms with Crippen LogP contribution in [0.3, 0.4) is 0 Å². The predicted octanol–water partition coefficient (Wildman–Crippen LogP) is 2.01. The van der Waals surface area contributed by atoms with Crippen molar-refractivity contribution < 1.29 is 0 Å². The summed E-state index contributed by atoms with van der Waals surface area (Å²) < 4.78 is 0.992. The Balaban J connectivity index is 2.89. The monoisotopic (exact) mass is 271 g/mol. The van der Waals surface area contributed by atoms with E-state index in [4.69, 9.17) is 5.73 Å². The van der Waals surface area contributed by atoms with E-state index in [1.807, 2.05) is 31.2 Å². The number of nitrogens with zero attached hydrogens (tertiary/aromatic N) is 1. The number of nitrogens with one attached hydrogen (secondary N) is 1. The van der Waals surface area contributed by atoms with E-state index in [1.54, 1.807) is 0 Å². The number of thiocarbonyl (C=S) groups is 1. The molecule has 0 aromatic heterocycles. The predicted molar refractivity (Wildman–Crippen MR) is 66.3 cm³/mol. The maximum Gasteiger partial charge on any atom is 0.184 e. The fourth-order valence-electron chi connectivity index (χ4n) is 0.954. The van der Waals surface area contributed by atoms with Gasteiger partial charge in [0.2, 0.25) is 0 Å². The van der Waals surface area contributed by atoms with E-state index >= 15 is 0 Å². The largest absolute Gasteiger partial charge is 0.375 e. The van der Waals surface area contributed by atoms with Gasteiger partial charge in [-0.3, -0.25) is 5.43 Å². The molecule has 0 unspecified atom stereocenters. The topological polar surface area (TPSA) is 50.4 Å². The lowest BCUT2D eigenvalue weighted by molar-refractivity contribution is 1.03. The van der Waals surface area contributed by atoms with E-state index in [0.717, 1.165) is 15.7 Å². The minimum absolute atomic E-state index is 0.163. The average Bonchev–Trinajstić information content (AvgIpc) is 2.15. The maximum absolute atomic E-state index is 5.26. The molecule has 3 nitrogen and oxygen atoms in total. The molecule has 1 rings (SSSR count). The van der Waals surface area contributed by atoms with Crippen LogP contribution in [0.2, 0.25) is 0 Å². The van der Waals surface area contributed by atoms with E-state index in [0.29, 0.717) is 0 Å². The molecule has 1 aromatic carbocycles. The summed E-state index contributed by atoms with van der Waals surface area (Å²) in [6, 6.07) is 7.81. The number of halogens is 1. The van der Waals surface area contributed by atoms with Crippen molar-refractivity contribution in [2.75, 3.05) is 0 Å². The Kier molecular flexibility index (Phi) is 4.03. The highest BCUT2D eigenvalue weighted by Gasteiger charge is 2.01. The summed E-state index contributed by atoms with van der Waals surface area (Å²) in [5, 5.41) is 4.19. The Morgan fingerprint density at radius 2 is 2.14 bits per heavy atom. The quantitative estimate of drug-likeness (QED) is 0.492. The normalized spacial score (nSPS) is 11.1. The Bertz CT molecular complexity index is 376. The maximum atomic E-state index is 5.26. The van der Waals surface area contributed by atoms with Gasteiger partial charge in [0, 0.05) is 10.0 Å². The first-order valence-corrected chi connectivity index (χ1v) is 5.16. The van der Waals surface area contributed by atoms with E-state index in [2.05, 4.69) is 38.7 Å². The van der Waals surface area contributed by atoms with Crippen molar-refractivity contribution in [1.29, 1.82) is 0 Å². The third-order valence-corrected chi connectivity index (χ3v) is 2.38.